The third-order valence-corrected chi connectivity index (χ3v) is 5.27. The third-order valence-electron chi connectivity index (χ3n) is 2.96. The Morgan fingerprint density at radius 3 is 2.76 bits per heavy atom. The number of thioether (sulfide) groups is 1. The number of amides is 1. The van der Waals surface area contributed by atoms with Gasteiger partial charge < -0.3 is 10.4 Å². The number of carboxylic acids is 1. The van der Waals surface area contributed by atoms with Gasteiger partial charge in [0.1, 0.15) is 10.9 Å². The maximum atomic E-state index is 12.3. The minimum Gasteiger partial charge on any atom is -0.480 e. The Labute approximate surface area is 135 Å². The Hall–Kier alpha value is -1.24. The van der Waals surface area contributed by atoms with Gasteiger partial charge in [0.2, 0.25) is 0 Å². The van der Waals surface area contributed by atoms with E-state index in [-0.39, 0.29) is 0 Å². The van der Waals surface area contributed by atoms with E-state index in [1.165, 1.54) is 23.1 Å². The first-order chi connectivity index (χ1) is 10.0. The van der Waals surface area contributed by atoms with Gasteiger partial charge in [-0.05, 0) is 24.5 Å². The van der Waals surface area contributed by atoms with Crippen molar-refractivity contribution in [3.8, 4) is 0 Å². The van der Waals surface area contributed by atoms with Gasteiger partial charge in [0.15, 0.2) is 0 Å². The standard InChI is InChI=1S/C14H14ClNO3S2/c1-20-7-6-9(14(18)19)16-13(17)12-11(15)8-4-2-3-5-10(8)21-12/h2-5,9H,6-7H2,1H3,(H,16,17)(H,18,19)/t9-/m0/s1. The van der Waals surface area contributed by atoms with Crippen LogP contribution >= 0.6 is 34.7 Å². The van der Waals surface area contributed by atoms with Crippen molar-refractivity contribution in [1.82, 2.24) is 5.32 Å². The maximum absolute atomic E-state index is 12.3. The summed E-state index contributed by atoms with van der Waals surface area (Å²) in [5.74, 6) is -0.804. The number of fused-ring (bicyclic) bond motifs is 1. The molecule has 0 saturated carbocycles. The summed E-state index contributed by atoms with van der Waals surface area (Å²) in [6, 6.07) is 6.54. The van der Waals surface area contributed by atoms with E-state index >= 15 is 0 Å². The average molecular weight is 344 g/mol. The number of carbonyl (C=O) groups is 2. The van der Waals surface area contributed by atoms with E-state index in [4.69, 9.17) is 16.7 Å². The molecule has 1 aromatic carbocycles. The molecule has 0 fully saturated rings. The van der Waals surface area contributed by atoms with Crippen LogP contribution in [0.15, 0.2) is 24.3 Å². The van der Waals surface area contributed by atoms with E-state index in [1.54, 1.807) is 0 Å². The van der Waals surface area contributed by atoms with Crippen molar-refractivity contribution < 1.29 is 14.7 Å². The first-order valence-corrected chi connectivity index (χ1v) is 8.83. The number of rotatable bonds is 6. The van der Waals surface area contributed by atoms with Crippen LogP contribution in [0.2, 0.25) is 5.02 Å². The molecule has 1 amide bonds. The van der Waals surface area contributed by atoms with Crippen molar-refractivity contribution in [1.29, 1.82) is 0 Å². The summed E-state index contributed by atoms with van der Waals surface area (Å²) in [4.78, 5) is 23.8. The molecule has 0 bridgehead atoms. The second kappa shape index (κ2) is 7.15. The molecule has 0 aliphatic carbocycles. The Kier molecular flexibility index (Phi) is 5.50. The number of thiophene rings is 1. The van der Waals surface area contributed by atoms with Crippen LogP contribution in [0, 0.1) is 0 Å². The molecule has 0 aliphatic heterocycles. The quantitative estimate of drug-likeness (QED) is 0.842. The fourth-order valence-electron chi connectivity index (χ4n) is 1.88. The summed E-state index contributed by atoms with van der Waals surface area (Å²) < 4.78 is 0.906. The molecule has 7 heteroatoms. The van der Waals surface area contributed by atoms with Gasteiger partial charge in [0.25, 0.3) is 5.91 Å². The first-order valence-electron chi connectivity index (χ1n) is 6.24. The van der Waals surface area contributed by atoms with Crippen LogP contribution in [0.1, 0.15) is 16.1 Å². The predicted octanol–water partition coefficient (Wildman–Crippen LogP) is 3.49. The van der Waals surface area contributed by atoms with E-state index < -0.39 is 17.9 Å². The molecule has 0 aliphatic rings. The van der Waals surface area contributed by atoms with Gasteiger partial charge in [0, 0.05) is 10.1 Å². The average Bonchev–Trinajstić information content (AvgIpc) is 2.81. The van der Waals surface area contributed by atoms with Crippen LogP contribution in [0.5, 0.6) is 0 Å². The lowest BCUT2D eigenvalue weighted by molar-refractivity contribution is -0.139. The van der Waals surface area contributed by atoms with Crippen LogP contribution in [0.4, 0.5) is 0 Å². The van der Waals surface area contributed by atoms with Crippen molar-refractivity contribution in [2.24, 2.45) is 0 Å². The highest BCUT2D eigenvalue weighted by Crippen LogP contribution is 2.35. The Bertz CT molecular complexity index is 671. The van der Waals surface area contributed by atoms with E-state index in [1.807, 2.05) is 30.5 Å². The van der Waals surface area contributed by atoms with Crippen LogP contribution in [0.25, 0.3) is 10.1 Å². The number of carbonyl (C=O) groups excluding carboxylic acids is 1. The van der Waals surface area contributed by atoms with E-state index in [0.29, 0.717) is 22.1 Å². The predicted molar refractivity (Wildman–Crippen MR) is 88.7 cm³/mol. The molecular formula is C14H14ClNO3S2. The molecule has 0 spiro atoms. The van der Waals surface area contributed by atoms with Crippen molar-refractivity contribution >= 4 is 56.7 Å². The number of carboxylic acid groups (broad SMARTS) is 1. The van der Waals surface area contributed by atoms with Crippen molar-refractivity contribution in [3.63, 3.8) is 0 Å². The van der Waals surface area contributed by atoms with E-state index in [0.717, 1.165) is 10.1 Å². The summed E-state index contributed by atoms with van der Waals surface area (Å²) in [6.07, 6.45) is 2.27. The summed E-state index contributed by atoms with van der Waals surface area (Å²) in [5.41, 5.74) is 0. The fraction of sp³-hybridized carbons (Fsp3) is 0.286. The number of nitrogens with one attached hydrogen (secondary N) is 1. The van der Waals surface area contributed by atoms with Gasteiger partial charge in [-0.1, -0.05) is 29.8 Å². The molecule has 0 saturated heterocycles. The zero-order valence-electron chi connectivity index (χ0n) is 11.3. The van der Waals surface area contributed by atoms with Crippen LogP contribution in [0.3, 0.4) is 0 Å². The summed E-state index contributed by atoms with van der Waals surface area (Å²) in [7, 11) is 0. The molecule has 2 aromatic rings. The number of hydrogen-bond acceptors (Lipinski definition) is 4. The molecule has 1 atom stereocenters. The summed E-state index contributed by atoms with van der Waals surface area (Å²) >= 11 is 9.02. The van der Waals surface area contributed by atoms with Gasteiger partial charge >= 0.3 is 5.97 Å². The fourth-order valence-corrected chi connectivity index (χ4v) is 3.77. The van der Waals surface area contributed by atoms with Gasteiger partial charge in [-0.3, -0.25) is 4.79 Å². The van der Waals surface area contributed by atoms with Gasteiger partial charge in [-0.15, -0.1) is 11.3 Å². The molecule has 1 heterocycles. The highest BCUT2D eigenvalue weighted by atomic mass is 35.5. The van der Waals surface area contributed by atoms with Gasteiger partial charge in [-0.25, -0.2) is 4.79 Å². The lowest BCUT2D eigenvalue weighted by atomic mass is 10.2. The first kappa shape index (κ1) is 16.1. The zero-order valence-corrected chi connectivity index (χ0v) is 13.6. The molecule has 112 valence electrons. The molecule has 21 heavy (non-hydrogen) atoms. The lowest BCUT2D eigenvalue weighted by Crippen LogP contribution is -2.41. The third kappa shape index (κ3) is 3.70. The topological polar surface area (TPSA) is 66.4 Å². The Morgan fingerprint density at radius 2 is 2.14 bits per heavy atom. The minimum absolute atomic E-state index is 0.355. The summed E-state index contributed by atoms with van der Waals surface area (Å²) in [6.45, 7) is 0. The van der Waals surface area contributed by atoms with Crippen LogP contribution < -0.4 is 5.32 Å². The maximum Gasteiger partial charge on any atom is 0.326 e. The summed E-state index contributed by atoms with van der Waals surface area (Å²) in [5, 5.41) is 12.9. The molecule has 0 unspecified atom stereocenters. The number of aliphatic carboxylic acids is 1. The molecule has 4 nitrogen and oxygen atoms in total. The van der Waals surface area contributed by atoms with E-state index in [9.17, 15) is 9.59 Å². The van der Waals surface area contributed by atoms with Crippen molar-refractivity contribution in [2.75, 3.05) is 12.0 Å². The molecule has 0 radical (unpaired) electrons. The molecule has 2 N–H and O–H groups in total. The van der Waals surface area contributed by atoms with Crippen LogP contribution in [-0.4, -0.2) is 35.0 Å². The normalized spacial score (nSPS) is 12.3. The molecule has 1 aromatic heterocycles. The van der Waals surface area contributed by atoms with Crippen molar-refractivity contribution in [2.45, 2.75) is 12.5 Å². The monoisotopic (exact) mass is 343 g/mol. The second-order valence-electron chi connectivity index (χ2n) is 4.39. The molecule has 2 rings (SSSR count). The van der Waals surface area contributed by atoms with E-state index in [2.05, 4.69) is 5.32 Å². The largest absolute Gasteiger partial charge is 0.480 e. The number of halogens is 1. The van der Waals surface area contributed by atoms with Gasteiger partial charge in [0.05, 0.1) is 5.02 Å². The number of benzene rings is 1. The van der Waals surface area contributed by atoms with Crippen LogP contribution in [-0.2, 0) is 4.79 Å². The highest BCUT2D eigenvalue weighted by Gasteiger charge is 2.23. The zero-order chi connectivity index (χ0) is 15.4. The van der Waals surface area contributed by atoms with Crippen molar-refractivity contribution in [3.05, 3.63) is 34.2 Å². The highest BCUT2D eigenvalue weighted by molar-refractivity contribution is 7.98. The Morgan fingerprint density at radius 1 is 1.43 bits per heavy atom. The minimum atomic E-state index is -1.03. The van der Waals surface area contributed by atoms with Gasteiger partial charge in [-0.2, -0.15) is 11.8 Å². The second-order valence-corrected chi connectivity index (χ2v) is 6.80. The Balaban J connectivity index is 2.21. The smallest absolute Gasteiger partial charge is 0.326 e. The number of hydrogen-bond donors (Lipinski definition) is 2. The SMILES string of the molecule is CSCC[C@H](NC(=O)c1sc2ccccc2c1Cl)C(=O)O. The molecular weight excluding hydrogens is 330 g/mol. The lowest BCUT2D eigenvalue weighted by Gasteiger charge is -2.13.